The molecule has 1 heterocycles. The van der Waals surface area contributed by atoms with Crippen molar-refractivity contribution in [3.05, 3.63) is 0 Å². The van der Waals surface area contributed by atoms with Crippen molar-refractivity contribution in [2.75, 3.05) is 26.2 Å². The number of aliphatic hydroxyl groups excluding tert-OH is 1. The minimum absolute atomic E-state index is 0.114. The topological polar surface area (TPSA) is 53.0 Å². The Morgan fingerprint density at radius 2 is 1.50 bits per heavy atom. The number of likely N-dealkylation sites (tertiary alicyclic amines) is 1. The molecule has 1 aliphatic heterocycles. The van der Waals surface area contributed by atoms with E-state index in [9.17, 15) is 9.90 Å². The van der Waals surface area contributed by atoms with Gasteiger partial charge in [0.15, 0.2) is 0 Å². The Hall–Kier alpha value is -0.650. The zero-order valence-corrected chi connectivity index (χ0v) is 27.6. The zero-order chi connectivity index (χ0) is 29.4. The smallest absolute Gasteiger partial charge is 0.228 e. The van der Waals surface area contributed by atoms with Gasteiger partial charge in [-0.05, 0) is 101 Å². The molecule has 0 radical (unpaired) electrons. The van der Waals surface area contributed by atoms with Crippen LogP contribution in [0.1, 0.15) is 135 Å². The maximum absolute atomic E-state index is 13.9. The van der Waals surface area contributed by atoms with Gasteiger partial charge in [0.05, 0.1) is 5.60 Å². The number of aliphatic hydroxyl groups is 1. The number of hydrogen-bond acceptors (Lipinski definition) is 4. The summed E-state index contributed by atoms with van der Waals surface area (Å²) in [5.41, 5.74) is -0.0906. The summed E-state index contributed by atoms with van der Waals surface area (Å²) in [6.45, 7) is 33.2. The molecule has 0 aromatic carbocycles. The van der Waals surface area contributed by atoms with Crippen LogP contribution in [0.2, 0.25) is 0 Å². The molecule has 2 rings (SSSR count). The molecule has 1 amide bonds. The van der Waals surface area contributed by atoms with Crippen LogP contribution < -0.4 is 0 Å². The highest BCUT2D eigenvalue weighted by Gasteiger charge is 2.67. The third kappa shape index (κ3) is 7.35. The Balaban J connectivity index is 1.99. The summed E-state index contributed by atoms with van der Waals surface area (Å²) in [6.07, 6.45) is 6.05. The molecule has 5 nitrogen and oxygen atoms in total. The number of rotatable bonds is 15. The van der Waals surface area contributed by atoms with Gasteiger partial charge in [0.25, 0.3) is 0 Å². The molecule has 38 heavy (non-hydrogen) atoms. The van der Waals surface area contributed by atoms with Crippen LogP contribution >= 0.6 is 0 Å². The molecule has 224 valence electrons. The Morgan fingerprint density at radius 1 is 0.947 bits per heavy atom. The maximum Gasteiger partial charge on any atom is 0.228 e. The van der Waals surface area contributed by atoms with Crippen LogP contribution in [0.15, 0.2) is 0 Å². The van der Waals surface area contributed by atoms with Gasteiger partial charge in [-0.2, -0.15) is 0 Å². The molecular weight excluding hydrogens is 472 g/mol. The van der Waals surface area contributed by atoms with Crippen LogP contribution in [0.5, 0.6) is 0 Å². The molecule has 2 aliphatic rings. The Bertz CT molecular complexity index is 793. The number of nitrogens with zero attached hydrogens (tertiary/aromatic N) is 2. The molecule has 4 atom stereocenters. The van der Waals surface area contributed by atoms with E-state index in [2.05, 4.69) is 94.9 Å². The lowest BCUT2D eigenvalue weighted by atomic mass is 9.66. The van der Waals surface area contributed by atoms with Gasteiger partial charge in [0, 0.05) is 31.0 Å². The van der Waals surface area contributed by atoms with Crippen molar-refractivity contribution < 1.29 is 14.6 Å². The normalized spacial score (nSPS) is 29.0. The second-order valence-corrected chi connectivity index (χ2v) is 16.2. The fourth-order valence-electron chi connectivity index (χ4n) is 7.54. The van der Waals surface area contributed by atoms with Gasteiger partial charge < -0.3 is 19.6 Å². The first-order chi connectivity index (χ1) is 17.2. The standard InChI is InChI=1S/C33H64N2O3/c1-14-18-34(19-15-2)20-16-31(10,11)38-21-17-30(8,9)35-26(36)22-25(27(35)37)29(6,7)23-32(12)24-33(32,13)28(3,4)5/h25-26,36H,14-24H2,1-13H3. The van der Waals surface area contributed by atoms with E-state index in [0.29, 0.717) is 19.4 Å². The Kier molecular flexibility index (Phi) is 10.3. The highest BCUT2D eigenvalue weighted by atomic mass is 16.5. The van der Waals surface area contributed by atoms with Crippen molar-refractivity contribution in [2.24, 2.45) is 27.6 Å². The highest BCUT2D eigenvalue weighted by molar-refractivity contribution is 5.82. The van der Waals surface area contributed by atoms with E-state index in [0.717, 1.165) is 32.5 Å². The molecule has 1 saturated heterocycles. The summed E-state index contributed by atoms with van der Waals surface area (Å²) >= 11 is 0. The lowest BCUT2D eigenvalue weighted by molar-refractivity contribution is -0.147. The molecule has 1 saturated carbocycles. The van der Waals surface area contributed by atoms with Gasteiger partial charge >= 0.3 is 0 Å². The van der Waals surface area contributed by atoms with Crippen LogP contribution in [0.4, 0.5) is 0 Å². The number of ether oxygens (including phenoxy) is 1. The van der Waals surface area contributed by atoms with Crippen LogP contribution in [0.25, 0.3) is 0 Å². The SMILES string of the molecule is CCCN(CCC)CCC(C)(C)OCCC(C)(C)N1C(=O)C(C(C)(C)CC2(C)CC2(C)C(C)(C)C)CC1O. The molecule has 5 heteroatoms. The third-order valence-corrected chi connectivity index (χ3v) is 10.6. The first-order valence-corrected chi connectivity index (χ1v) is 15.5. The average molecular weight is 537 g/mol. The van der Waals surface area contributed by atoms with E-state index in [1.807, 2.05) is 0 Å². The highest BCUT2D eigenvalue weighted by Crippen LogP contribution is 2.75. The lowest BCUT2D eigenvalue weighted by Gasteiger charge is -2.41. The first-order valence-electron chi connectivity index (χ1n) is 15.5. The van der Waals surface area contributed by atoms with E-state index in [1.54, 1.807) is 4.90 Å². The second-order valence-electron chi connectivity index (χ2n) is 16.2. The number of hydrogen-bond donors (Lipinski definition) is 1. The number of amides is 1. The van der Waals surface area contributed by atoms with Crippen molar-refractivity contribution in [1.29, 1.82) is 0 Å². The van der Waals surface area contributed by atoms with Gasteiger partial charge in [-0.1, -0.05) is 62.3 Å². The van der Waals surface area contributed by atoms with E-state index >= 15 is 0 Å². The maximum atomic E-state index is 13.9. The number of carbonyl (C=O) groups is 1. The van der Waals surface area contributed by atoms with Crippen LogP contribution in [-0.4, -0.2) is 64.4 Å². The van der Waals surface area contributed by atoms with Gasteiger partial charge in [-0.15, -0.1) is 0 Å². The molecule has 1 N–H and O–H groups in total. The lowest BCUT2D eigenvalue weighted by Crippen LogP contribution is -2.51. The molecular formula is C33H64N2O3. The largest absolute Gasteiger partial charge is 0.375 e. The Morgan fingerprint density at radius 3 is 1.97 bits per heavy atom. The second kappa shape index (κ2) is 11.7. The minimum atomic E-state index is -0.729. The summed E-state index contributed by atoms with van der Waals surface area (Å²) in [5, 5.41) is 11.1. The van der Waals surface area contributed by atoms with Crippen LogP contribution in [-0.2, 0) is 9.53 Å². The minimum Gasteiger partial charge on any atom is -0.375 e. The molecule has 0 aromatic rings. The van der Waals surface area contributed by atoms with Crippen LogP contribution in [0, 0.1) is 27.6 Å². The summed E-state index contributed by atoms with van der Waals surface area (Å²) in [5.74, 6) is -0.0397. The molecule has 0 bridgehead atoms. The van der Waals surface area contributed by atoms with Crippen molar-refractivity contribution in [3.8, 4) is 0 Å². The fraction of sp³-hybridized carbons (Fsp3) is 0.970. The predicted molar refractivity (Wildman–Crippen MR) is 160 cm³/mol. The monoisotopic (exact) mass is 536 g/mol. The van der Waals surface area contributed by atoms with Crippen molar-refractivity contribution in [3.63, 3.8) is 0 Å². The molecule has 0 aromatic heterocycles. The molecule has 1 aliphatic carbocycles. The van der Waals surface area contributed by atoms with Crippen molar-refractivity contribution >= 4 is 5.91 Å². The van der Waals surface area contributed by atoms with Gasteiger partial charge in [-0.3, -0.25) is 4.79 Å². The van der Waals surface area contributed by atoms with Gasteiger partial charge in [0.2, 0.25) is 5.91 Å². The number of carbonyl (C=O) groups excluding carboxylic acids is 1. The zero-order valence-electron chi connectivity index (χ0n) is 27.6. The van der Waals surface area contributed by atoms with Gasteiger partial charge in [-0.25, -0.2) is 0 Å². The van der Waals surface area contributed by atoms with E-state index in [4.69, 9.17) is 4.74 Å². The van der Waals surface area contributed by atoms with E-state index in [-0.39, 0.29) is 39.1 Å². The quantitative estimate of drug-likeness (QED) is 0.235. The average Bonchev–Trinajstić information content (AvgIpc) is 3.14. The van der Waals surface area contributed by atoms with E-state index < -0.39 is 11.8 Å². The summed E-state index contributed by atoms with van der Waals surface area (Å²) in [7, 11) is 0. The van der Waals surface area contributed by atoms with Crippen molar-refractivity contribution in [2.45, 2.75) is 152 Å². The fourth-order valence-corrected chi connectivity index (χ4v) is 7.54. The Labute approximate surface area is 236 Å². The first kappa shape index (κ1) is 33.6. The van der Waals surface area contributed by atoms with Crippen LogP contribution in [0.3, 0.4) is 0 Å². The van der Waals surface area contributed by atoms with E-state index in [1.165, 1.54) is 19.3 Å². The summed E-state index contributed by atoms with van der Waals surface area (Å²) < 4.78 is 6.38. The summed E-state index contributed by atoms with van der Waals surface area (Å²) in [4.78, 5) is 18.2. The van der Waals surface area contributed by atoms with Gasteiger partial charge in [0.1, 0.15) is 6.23 Å². The van der Waals surface area contributed by atoms with Crippen molar-refractivity contribution in [1.82, 2.24) is 9.80 Å². The molecule has 2 fully saturated rings. The molecule has 0 spiro atoms. The molecule has 4 unspecified atom stereocenters. The summed E-state index contributed by atoms with van der Waals surface area (Å²) in [6, 6.07) is 0. The predicted octanol–water partition coefficient (Wildman–Crippen LogP) is 7.51. The third-order valence-electron chi connectivity index (χ3n) is 10.6.